The Bertz CT molecular complexity index is 350. The predicted octanol–water partition coefficient (Wildman–Crippen LogP) is 3.05. The van der Waals surface area contributed by atoms with Crippen LogP contribution in [0.15, 0.2) is 11.3 Å². The zero-order valence-corrected chi connectivity index (χ0v) is 11.1. The van der Waals surface area contributed by atoms with Crippen LogP contribution in [0.3, 0.4) is 0 Å². The Hall–Kier alpha value is -1.12. The van der Waals surface area contributed by atoms with E-state index in [2.05, 4.69) is 13.8 Å². The van der Waals surface area contributed by atoms with Crippen LogP contribution >= 0.6 is 0 Å². The van der Waals surface area contributed by atoms with E-state index in [9.17, 15) is 14.7 Å². The van der Waals surface area contributed by atoms with Crippen molar-refractivity contribution in [2.45, 2.75) is 47.0 Å². The molecule has 0 amide bonds. The summed E-state index contributed by atoms with van der Waals surface area (Å²) in [7, 11) is 0. The fourth-order valence-electron chi connectivity index (χ4n) is 2.09. The summed E-state index contributed by atoms with van der Waals surface area (Å²) in [5.74, 6) is -0.256. The maximum absolute atomic E-state index is 12.0. The Morgan fingerprint density at radius 2 is 1.94 bits per heavy atom. The van der Waals surface area contributed by atoms with Crippen molar-refractivity contribution in [3.05, 3.63) is 11.3 Å². The van der Waals surface area contributed by atoms with Gasteiger partial charge in [-0.3, -0.25) is 9.59 Å². The molecule has 0 unspecified atom stereocenters. The number of hydrogen-bond donors (Lipinski definition) is 1. The van der Waals surface area contributed by atoms with Crippen molar-refractivity contribution < 1.29 is 14.7 Å². The van der Waals surface area contributed by atoms with E-state index in [4.69, 9.17) is 0 Å². The lowest BCUT2D eigenvalue weighted by Crippen LogP contribution is -2.20. The number of carbonyl (C=O) groups is 2. The van der Waals surface area contributed by atoms with Crippen molar-refractivity contribution in [1.82, 2.24) is 0 Å². The molecule has 0 aliphatic heterocycles. The van der Waals surface area contributed by atoms with E-state index >= 15 is 0 Å². The van der Waals surface area contributed by atoms with E-state index in [1.165, 1.54) is 0 Å². The third kappa shape index (κ3) is 3.18. The van der Waals surface area contributed by atoms with Crippen LogP contribution in [-0.2, 0) is 9.59 Å². The number of aliphatic hydroxyl groups is 1. The van der Waals surface area contributed by atoms with Crippen LogP contribution in [0.25, 0.3) is 0 Å². The highest BCUT2D eigenvalue weighted by atomic mass is 16.3. The van der Waals surface area contributed by atoms with Gasteiger partial charge >= 0.3 is 0 Å². The molecule has 0 saturated heterocycles. The van der Waals surface area contributed by atoms with E-state index in [-0.39, 0.29) is 34.7 Å². The van der Waals surface area contributed by atoms with Gasteiger partial charge in [0.1, 0.15) is 5.76 Å². The second-order valence-electron chi connectivity index (χ2n) is 5.58. The lowest BCUT2D eigenvalue weighted by atomic mass is 9.92. The van der Waals surface area contributed by atoms with E-state index in [1.807, 2.05) is 0 Å². The molecule has 1 aliphatic carbocycles. The molecule has 17 heavy (non-hydrogen) atoms. The number of Topliss-reactive ketones (excluding diaryl/α,β-unsaturated/α-hetero) is 2. The molecule has 0 fully saturated rings. The highest BCUT2D eigenvalue weighted by Gasteiger charge is 2.37. The van der Waals surface area contributed by atoms with Gasteiger partial charge in [0.2, 0.25) is 0 Å². The van der Waals surface area contributed by atoms with E-state index in [0.29, 0.717) is 12.3 Å². The summed E-state index contributed by atoms with van der Waals surface area (Å²) in [6.07, 6.45) is 2.06. The molecule has 3 heteroatoms. The molecule has 0 aromatic rings. The molecular weight excluding hydrogens is 216 g/mol. The lowest BCUT2D eigenvalue weighted by molar-refractivity contribution is -0.124. The molecule has 0 bridgehead atoms. The van der Waals surface area contributed by atoms with Crippen molar-refractivity contribution in [2.75, 3.05) is 0 Å². The molecule has 1 N–H and O–H groups in total. The van der Waals surface area contributed by atoms with Gasteiger partial charge < -0.3 is 5.11 Å². The summed E-state index contributed by atoms with van der Waals surface area (Å²) in [6, 6.07) is 0. The average Bonchev–Trinajstić information content (AvgIpc) is 2.50. The topological polar surface area (TPSA) is 54.4 Å². The summed E-state index contributed by atoms with van der Waals surface area (Å²) in [5, 5.41) is 9.75. The van der Waals surface area contributed by atoms with Gasteiger partial charge in [-0.05, 0) is 12.3 Å². The van der Waals surface area contributed by atoms with Crippen molar-refractivity contribution in [3.63, 3.8) is 0 Å². The fraction of sp³-hybridized carbons (Fsp3) is 0.714. The molecule has 0 aromatic carbocycles. The van der Waals surface area contributed by atoms with E-state index in [0.717, 1.165) is 12.8 Å². The first-order valence-corrected chi connectivity index (χ1v) is 6.35. The highest BCUT2D eigenvalue weighted by molar-refractivity contribution is 6.23. The largest absolute Gasteiger partial charge is 0.511 e. The molecule has 1 rings (SSSR count). The molecule has 0 heterocycles. The van der Waals surface area contributed by atoms with Crippen LogP contribution in [0.4, 0.5) is 0 Å². The average molecular weight is 238 g/mol. The van der Waals surface area contributed by atoms with Gasteiger partial charge in [-0.1, -0.05) is 34.1 Å². The van der Waals surface area contributed by atoms with Crippen LogP contribution in [0, 0.1) is 17.8 Å². The fourth-order valence-corrected chi connectivity index (χ4v) is 2.09. The Kier molecular flexibility index (Phi) is 4.49. The molecule has 96 valence electrons. The highest BCUT2D eigenvalue weighted by Crippen LogP contribution is 2.32. The number of ketones is 2. The van der Waals surface area contributed by atoms with Crippen molar-refractivity contribution in [1.29, 1.82) is 0 Å². The molecular formula is C14H22O3. The molecule has 0 radical (unpaired) electrons. The summed E-state index contributed by atoms with van der Waals surface area (Å²) < 4.78 is 0. The zero-order valence-electron chi connectivity index (χ0n) is 11.1. The van der Waals surface area contributed by atoms with Gasteiger partial charge in [0.25, 0.3) is 0 Å². The predicted molar refractivity (Wildman–Crippen MR) is 66.7 cm³/mol. The minimum atomic E-state index is -0.236. The molecule has 0 spiro atoms. The number of carbonyl (C=O) groups excluding carboxylic acids is 2. The number of allylic oxidation sites excluding steroid dienone is 2. The Labute approximate surface area is 103 Å². The molecule has 3 nitrogen and oxygen atoms in total. The first-order valence-electron chi connectivity index (χ1n) is 6.35. The van der Waals surface area contributed by atoms with Crippen LogP contribution in [0.2, 0.25) is 0 Å². The molecule has 1 atom stereocenters. The monoisotopic (exact) mass is 238 g/mol. The Morgan fingerprint density at radius 1 is 1.35 bits per heavy atom. The Balaban J connectivity index is 2.72. The summed E-state index contributed by atoms with van der Waals surface area (Å²) in [5.41, 5.74) is 0.0637. The third-order valence-electron chi connectivity index (χ3n) is 3.21. The van der Waals surface area contributed by atoms with Gasteiger partial charge in [-0.2, -0.15) is 0 Å². The zero-order chi connectivity index (χ0) is 13.2. The van der Waals surface area contributed by atoms with E-state index in [1.54, 1.807) is 13.8 Å². The summed E-state index contributed by atoms with van der Waals surface area (Å²) in [4.78, 5) is 23.8. The lowest BCUT2D eigenvalue weighted by Gasteiger charge is -2.10. The normalized spacial score (nSPS) is 20.8. The van der Waals surface area contributed by atoms with E-state index < -0.39 is 0 Å². The maximum Gasteiger partial charge on any atom is 0.173 e. The number of hydrogen-bond acceptors (Lipinski definition) is 3. The molecule has 1 aliphatic rings. The molecule has 0 saturated carbocycles. The van der Waals surface area contributed by atoms with Crippen molar-refractivity contribution >= 4 is 11.6 Å². The Morgan fingerprint density at radius 3 is 2.41 bits per heavy atom. The first-order chi connectivity index (χ1) is 7.84. The van der Waals surface area contributed by atoms with Gasteiger partial charge in [0, 0.05) is 18.3 Å². The number of rotatable bonds is 5. The third-order valence-corrected chi connectivity index (χ3v) is 3.21. The number of aliphatic hydroxyl groups excluding tert-OH is 1. The van der Waals surface area contributed by atoms with Gasteiger partial charge in [0.15, 0.2) is 11.6 Å². The minimum Gasteiger partial charge on any atom is -0.511 e. The quantitative estimate of drug-likeness (QED) is 0.749. The van der Waals surface area contributed by atoms with Gasteiger partial charge in [-0.25, -0.2) is 0 Å². The second-order valence-corrected chi connectivity index (χ2v) is 5.58. The van der Waals surface area contributed by atoms with Crippen molar-refractivity contribution in [3.8, 4) is 0 Å². The first kappa shape index (κ1) is 13.9. The van der Waals surface area contributed by atoms with Gasteiger partial charge in [-0.15, -0.1) is 0 Å². The second kappa shape index (κ2) is 5.48. The standard InChI is InChI=1S/C14H22O3/c1-8(2)5-6-10-7-11(15)12(14(10)17)13(16)9(3)4/h8-10,15H,5-7H2,1-4H3/t10-/m0/s1. The van der Waals surface area contributed by atoms with Crippen LogP contribution < -0.4 is 0 Å². The summed E-state index contributed by atoms with van der Waals surface area (Å²) >= 11 is 0. The molecule has 0 aromatic heterocycles. The van der Waals surface area contributed by atoms with Crippen LogP contribution in [0.5, 0.6) is 0 Å². The van der Waals surface area contributed by atoms with Gasteiger partial charge in [0.05, 0.1) is 5.57 Å². The summed E-state index contributed by atoms with van der Waals surface area (Å²) in [6.45, 7) is 7.70. The smallest absolute Gasteiger partial charge is 0.173 e. The van der Waals surface area contributed by atoms with Crippen LogP contribution in [-0.4, -0.2) is 16.7 Å². The van der Waals surface area contributed by atoms with Crippen molar-refractivity contribution in [2.24, 2.45) is 17.8 Å². The maximum atomic E-state index is 12.0. The van der Waals surface area contributed by atoms with Crippen LogP contribution in [0.1, 0.15) is 47.0 Å². The minimum absolute atomic E-state index is 0.00227. The SMILES string of the molecule is CC(C)CC[C@H]1CC(O)=C(C(=O)C(C)C)C1=O.